The van der Waals surface area contributed by atoms with E-state index in [4.69, 9.17) is 4.55 Å². The van der Waals surface area contributed by atoms with Crippen LogP contribution in [0, 0.1) is 92.7 Å². The molecule has 1 N–H and O–H groups in total. The number of ketones is 6. The molecule has 0 bridgehead atoms. The van der Waals surface area contributed by atoms with E-state index in [2.05, 4.69) is 205 Å². The smallest absolute Gasteiger partial charge is 1.00 e. The third kappa shape index (κ3) is 21.5. The van der Waals surface area contributed by atoms with Crippen LogP contribution in [0.4, 0.5) is 35.1 Å². The van der Waals surface area contributed by atoms with Gasteiger partial charge in [0.05, 0.1) is 47.8 Å². The van der Waals surface area contributed by atoms with Gasteiger partial charge in [-0.25, -0.2) is 8.42 Å². The largest absolute Gasteiger partial charge is 1.00 e. The summed E-state index contributed by atoms with van der Waals surface area (Å²) in [5, 5.41) is -11.6. The predicted molar refractivity (Wildman–Crippen MR) is 441 cm³/mol. The maximum absolute atomic E-state index is 13.8. The Balaban J connectivity index is 0.000000213. The fraction of sp³-hybridized carbons (Fsp3) is 0.527. The summed E-state index contributed by atoms with van der Waals surface area (Å²) in [6, 6.07) is 64.3. The van der Waals surface area contributed by atoms with E-state index in [1.807, 2.05) is 27.7 Å². The molecule has 123 heavy (non-hydrogen) atoms. The molecule has 6 aromatic carbocycles. The van der Waals surface area contributed by atoms with E-state index in [9.17, 15) is 94.9 Å². The number of Topliss-reactive ketones (excluding diaryl/α,β-unsaturated/α-hetero) is 6. The van der Waals surface area contributed by atoms with Crippen molar-refractivity contribution in [1.82, 2.24) is 0 Å². The van der Waals surface area contributed by atoms with Gasteiger partial charge in [0, 0.05) is 86.9 Å². The molecule has 8 aliphatic carbocycles. The molecule has 30 heteroatoms. The topological polar surface area (TPSA) is 267 Å². The predicted octanol–water partition coefficient (Wildman–Crippen LogP) is 13.9. The van der Waals surface area contributed by atoms with Gasteiger partial charge in [0.2, 0.25) is 0 Å². The van der Waals surface area contributed by atoms with Gasteiger partial charge in [-0.3, -0.25) is 42.9 Å². The molecule has 0 saturated heterocycles. The quantitative estimate of drug-likeness (QED) is 0.0194. The number of halogens is 9. The number of ether oxygens (including phenoxy) is 2. The van der Waals surface area contributed by atoms with Crippen molar-refractivity contribution in [3.63, 3.8) is 0 Å². The first-order valence-electron chi connectivity index (χ1n) is 41.1. The number of alkyl halides is 8. The van der Waals surface area contributed by atoms with Crippen LogP contribution in [0.25, 0.3) is 0 Å². The second kappa shape index (κ2) is 41.4. The number of hydrogen-bond acceptors (Lipinski definition) is 15. The Bertz CT molecular complexity index is 4410. The van der Waals surface area contributed by atoms with Crippen molar-refractivity contribution in [2.45, 2.75) is 229 Å². The van der Waals surface area contributed by atoms with Gasteiger partial charge in [0.15, 0.2) is 39.5 Å². The number of hydrogen-bond donors (Lipinski definition) is 1. The molecule has 0 heterocycles. The van der Waals surface area contributed by atoms with E-state index < -0.39 is 91.4 Å². The summed E-state index contributed by atoms with van der Waals surface area (Å²) in [6.07, 6.45) is 3.38. The van der Waals surface area contributed by atoms with E-state index in [0.717, 1.165) is 0 Å². The van der Waals surface area contributed by atoms with Crippen molar-refractivity contribution < 1.29 is 155 Å². The number of carbonyl (C=O) groups is 8. The fourth-order valence-corrected chi connectivity index (χ4v) is 26.6. The number of carbonyl (C=O) groups excluding carboxylic acids is 8. The zero-order chi connectivity index (χ0) is 87.3. The molecule has 0 spiro atoms. The van der Waals surface area contributed by atoms with Crippen molar-refractivity contribution in [1.29, 1.82) is 0 Å². The van der Waals surface area contributed by atoms with Crippen molar-refractivity contribution in [3.05, 3.63) is 182 Å². The Hall–Kier alpha value is -6.28. The van der Waals surface area contributed by atoms with Crippen LogP contribution in [0.5, 0.6) is 0 Å². The van der Waals surface area contributed by atoms with E-state index in [1.54, 1.807) is 0 Å². The summed E-state index contributed by atoms with van der Waals surface area (Å²) in [7, 11) is -13.0. The SMILES string of the molecule is C.C[C@H](CCC(=O)OCCC(F)(F)C(F)(F)S(=O)(=O)O)[C@H]1CC[C@H]2[C@@H]3C(=O)CC4CC(=O)CC[C@]4(C)[C@H]3CC(=O)[C@]12C.C[C@H](CCC(=O)OCCC(F)(F)C(F)(F)S(=O)(=O)[O-])[C@H]1CC[C@H]2[C@@H]3C(=O)CC4CC(=O)CC[C@]4(C)[C@H]3CC(=O)[C@]12C.[Br-].[Na+].c1ccc([S+](c2ccccc2)c2ccccc2)cc1.c1ccc([S+](c2ccccc2)c2ccccc2)cc1. The van der Waals surface area contributed by atoms with Gasteiger partial charge in [-0.2, -0.15) is 43.5 Å². The normalized spacial score (nSPS) is 27.8. The molecule has 0 amide bonds. The summed E-state index contributed by atoms with van der Waals surface area (Å²) >= 11 is 0. The second-order valence-electron chi connectivity index (χ2n) is 34.7. The third-order valence-corrected chi connectivity index (χ3v) is 34.5. The summed E-state index contributed by atoms with van der Waals surface area (Å²) < 4.78 is 178. The van der Waals surface area contributed by atoms with Crippen LogP contribution >= 0.6 is 0 Å². The van der Waals surface area contributed by atoms with Crippen molar-refractivity contribution in [2.75, 3.05) is 13.2 Å². The van der Waals surface area contributed by atoms with Crippen LogP contribution < -0.4 is 46.5 Å². The minimum absolute atomic E-state index is 0. The molecular formula is C93H109BrF8NaO16S4+. The minimum atomic E-state index is -6.62. The Labute approximate surface area is 755 Å². The average molecular weight is 1870 g/mol. The number of benzene rings is 6. The Morgan fingerprint density at radius 2 is 0.732 bits per heavy atom. The Kier molecular flexibility index (Phi) is 34.4. The fourth-order valence-electron chi connectivity index (χ4n) is 21.4. The molecule has 8 saturated carbocycles. The van der Waals surface area contributed by atoms with E-state index in [1.165, 1.54) is 29.4 Å². The van der Waals surface area contributed by atoms with Crippen LogP contribution in [0.2, 0.25) is 0 Å². The monoisotopic (exact) mass is 1860 g/mol. The zero-order valence-corrected chi connectivity index (χ0v) is 76.3. The van der Waals surface area contributed by atoms with Crippen LogP contribution in [0.1, 0.15) is 177 Å². The van der Waals surface area contributed by atoms with Gasteiger partial charge < -0.3 is 31.0 Å². The molecule has 14 rings (SSSR count). The van der Waals surface area contributed by atoms with Crippen LogP contribution in [-0.4, -0.2) is 108 Å². The molecule has 2 unspecified atom stereocenters. The summed E-state index contributed by atoms with van der Waals surface area (Å²) in [6.45, 7) is 9.43. The van der Waals surface area contributed by atoms with E-state index in [0.29, 0.717) is 77.0 Å². The molecule has 664 valence electrons. The summed E-state index contributed by atoms with van der Waals surface area (Å²) in [5.74, 6) is -13.1. The minimum Gasteiger partial charge on any atom is -1.00 e. The number of rotatable bonds is 24. The van der Waals surface area contributed by atoms with E-state index >= 15 is 0 Å². The van der Waals surface area contributed by atoms with Crippen LogP contribution in [0.3, 0.4) is 0 Å². The Morgan fingerprint density at radius 1 is 0.455 bits per heavy atom. The molecule has 8 fully saturated rings. The molecule has 16 nitrogen and oxygen atoms in total. The van der Waals surface area contributed by atoms with Gasteiger partial charge >= 0.3 is 74.0 Å². The molecule has 0 aromatic heterocycles. The van der Waals surface area contributed by atoms with Gasteiger partial charge in [0.1, 0.15) is 34.7 Å². The first-order valence-corrected chi connectivity index (χ1v) is 46.4. The first kappa shape index (κ1) is 102. The first-order chi connectivity index (χ1) is 56.4. The van der Waals surface area contributed by atoms with Crippen LogP contribution in [-0.2, 0) is 89.9 Å². The number of esters is 2. The molecule has 8 aliphatic rings. The molecular weight excluding hydrogens is 1760 g/mol. The van der Waals surface area contributed by atoms with Crippen molar-refractivity contribution >= 4 is 88.7 Å². The molecule has 6 aromatic rings. The van der Waals surface area contributed by atoms with Crippen molar-refractivity contribution in [2.24, 2.45) is 92.7 Å². The maximum Gasteiger partial charge on any atom is 1.00 e. The molecule has 0 aliphatic heterocycles. The average Bonchev–Trinajstić information content (AvgIpc) is 1.63. The van der Waals surface area contributed by atoms with E-state index in [-0.39, 0.29) is 231 Å². The van der Waals surface area contributed by atoms with Gasteiger partial charge in [-0.1, -0.05) is 158 Å². The second-order valence-corrected chi connectivity index (χ2v) is 41.7. The molecule has 16 atom stereocenters. The van der Waals surface area contributed by atoms with Crippen molar-refractivity contribution in [3.8, 4) is 0 Å². The number of fused-ring (bicyclic) bond motifs is 10. The Morgan fingerprint density at radius 3 is 1.00 bits per heavy atom. The van der Waals surface area contributed by atoms with Gasteiger partial charge in [0.25, 0.3) is 0 Å². The van der Waals surface area contributed by atoms with Gasteiger partial charge in [-0.15, -0.1) is 0 Å². The van der Waals surface area contributed by atoms with Crippen LogP contribution in [0.15, 0.2) is 211 Å². The molecule has 0 radical (unpaired) electrons. The summed E-state index contributed by atoms with van der Waals surface area (Å²) in [4.78, 5) is 111. The standard InChI is InChI=1S/2C28H38F4O8S.2C18H15S.CH4.BrH.Na/c2*1-15(4-7-23(36)40-11-10-27(29,30)28(31,32)41(37,38)39)18-5-6-19-24-20(14-22(35)26(18,19)3)25(2)9-8-17(33)12-16(25)13-21(24)34;2*1-4-10-16(11-5-1)19(17-12-6-2-7-13-17)18-14-8-3-9-15-18;;;/h2*15-16,18-20,24H,4-14H2,1-3H3,(H,37,38,39);2*1-15H;1H4;1H;/q;;2*+1;;;+1/p-2/t2*15-,16?,18-,19+,20+,24+,25+,26-;;;;;/m11...../s1. The maximum atomic E-state index is 13.8. The van der Waals surface area contributed by atoms with Gasteiger partial charge in [-0.05, 0) is 194 Å². The summed E-state index contributed by atoms with van der Waals surface area (Å²) in [5.41, 5.74) is -2.02. The zero-order valence-electron chi connectivity index (χ0n) is 69.4. The third-order valence-electron chi connectivity index (χ3n) is 28.1.